The van der Waals surface area contributed by atoms with Gasteiger partial charge in [-0.25, -0.2) is 9.38 Å². The van der Waals surface area contributed by atoms with Gasteiger partial charge in [-0.05, 0) is 25.5 Å². The Balaban J connectivity index is 0.00000264. The minimum Gasteiger partial charge on any atom is -0.357 e. The molecule has 2 aromatic rings. The highest BCUT2D eigenvalue weighted by molar-refractivity contribution is 14.0. The Morgan fingerprint density at radius 1 is 1.04 bits per heavy atom. The Bertz CT molecular complexity index is 626. The van der Waals surface area contributed by atoms with Crippen molar-refractivity contribution < 1.29 is 4.39 Å². The van der Waals surface area contributed by atoms with Crippen LogP contribution in [-0.4, -0.2) is 12.5 Å². The maximum Gasteiger partial charge on any atom is 0.191 e. The van der Waals surface area contributed by atoms with E-state index < -0.39 is 0 Å². The summed E-state index contributed by atoms with van der Waals surface area (Å²) in [7, 11) is 0. The van der Waals surface area contributed by atoms with E-state index in [2.05, 4.69) is 46.8 Å². The lowest BCUT2D eigenvalue weighted by atomic mass is 10.1. The van der Waals surface area contributed by atoms with Gasteiger partial charge in [0.2, 0.25) is 0 Å². The molecule has 0 spiro atoms. The number of rotatable bonds is 5. The standard InChI is InChI=1S/C18H22FN3.HI/c1-3-20-18(21-12-15-10-8-14(2)9-11-15)22-13-16-6-4-5-7-17(16)19;/h4-11H,3,12-13H2,1-2H3,(H2,20,21,22);1H. The van der Waals surface area contributed by atoms with E-state index in [4.69, 9.17) is 0 Å². The zero-order valence-electron chi connectivity index (χ0n) is 13.5. The topological polar surface area (TPSA) is 36.4 Å². The predicted octanol–water partition coefficient (Wildman–Crippen LogP) is 4.01. The minimum absolute atomic E-state index is 0. The number of nitrogens with zero attached hydrogens (tertiary/aromatic N) is 1. The van der Waals surface area contributed by atoms with Crippen molar-refractivity contribution in [3.8, 4) is 0 Å². The summed E-state index contributed by atoms with van der Waals surface area (Å²) in [6, 6.07) is 15.0. The molecule has 0 bridgehead atoms. The van der Waals surface area contributed by atoms with Gasteiger partial charge in [-0.3, -0.25) is 0 Å². The Labute approximate surface area is 154 Å². The van der Waals surface area contributed by atoms with Crippen LogP contribution in [0, 0.1) is 12.7 Å². The fourth-order valence-corrected chi connectivity index (χ4v) is 2.03. The number of aliphatic imine (C=N–C) groups is 1. The lowest BCUT2D eigenvalue weighted by Gasteiger charge is -2.12. The van der Waals surface area contributed by atoms with Crippen LogP contribution in [0.15, 0.2) is 53.5 Å². The van der Waals surface area contributed by atoms with E-state index >= 15 is 0 Å². The van der Waals surface area contributed by atoms with E-state index in [0.717, 1.165) is 12.1 Å². The van der Waals surface area contributed by atoms with E-state index in [1.807, 2.05) is 13.0 Å². The molecule has 2 N–H and O–H groups in total. The Hall–Kier alpha value is -1.63. The SMILES string of the molecule is CCNC(=NCc1ccc(C)cc1)NCc1ccccc1F.I. The minimum atomic E-state index is -0.204. The Morgan fingerprint density at radius 3 is 2.39 bits per heavy atom. The summed E-state index contributed by atoms with van der Waals surface area (Å²) >= 11 is 0. The van der Waals surface area contributed by atoms with Crippen LogP contribution in [0.3, 0.4) is 0 Å². The summed E-state index contributed by atoms with van der Waals surface area (Å²) in [5.74, 6) is 0.482. The molecule has 0 atom stereocenters. The third-order valence-corrected chi connectivity index (χ3v) is 3.29. The molecule has 0 aliphatic heterocycles. The van der Waals surface area contributed by atoms with Crippen LogP contribution < -0.4 is 10.6 Å². The van der Waals surface area contributed by atoms with Crippen molar-refractivity contribution in [2.45, 2.75) is 26.9 Å². The van der Waals surface area contributed by atoms with Gasteiger partial charge in [0.1, 0.15) is 5.82 Å². The third kappa shape index (κ3) is 6.56. The van der Waals surface area contributed by atoms with Crippen LogP contribution in [0.25, 0.3) is 0 Å². The molecule has 3 nitrogen and oxygen atoms in total. The quantitative estimate of drug-likeness (QED) is 0.430. The zero-order valence-corrected chi connectivity index (χ0v) is 15.8. The second-order valence-electron chi connectivity index (χ2n) is 5.13. The van der Waals surface area contributed by atoms with Gasteiger partial charge in [-0.2, -0.15) is 0 Å². The van der Waals surface area contributed by atoms with Crippen LogP contribution in [0.5, 0.6) is 0 Å². The first kappa shape index (κ1) is 19.4. The van der Waals surface area contributed by atoms with Crippen LogP contribution >= 0.6 is 24.0 Å². The zero-order chi connectivity index (χ0) is 15.8. The van der Waals surface area contributed by atoms with E-state index in [9.17, 15) is 4.39 Å². The number of hydrogen-bond acceptors (Lipinski definition) is 1. The monoisotopic (exact) mass is 427 g/mol. The highest BCUT2D eigenvalue weighted by atomic mass is 127. The molecule has 0 aromatic heterocycles. The molecule has 0 radical (unpaired) electrons. The van der Waals surface area contributed by atoms with Gasteiger partial charge >= 0.3 is 0 Å². The molecule has 0 unspecified atom stereocenters. The van der Waals surface area contributed by atoms with E-state index in [0.29, 0.717) is 24.6 Å². The van der Waals surface area contributed by atoms with Crippen molar-refractivity contribution >= 4 is 29.9 Å². The molecule has 0 amide bonds. The summed E-state index contributed by atoms with van der Waals surface area (Å²) < 4.78 is 13.6. The van der Waals surface area contributed by atoms with Crippen molar-refractivity contribution in [3.63, 3.8) is 0 Å². The van der Waals surface area contributed by atoms with Crippen LogP contribution in [0.4, 0.5) is 4.39 Å². The normalized spacial score (nSPS) is 10.8. The summed E-state index contributed by atoms with van der Waals surface area (Å²) in [6.45, 7) is 5.83. The van der Waals surface area contributed by atoms with E-state index in [1.54, 1.807) is 12.1 Å². The highest BCUT2D eigenvalue weighted by Gasteiger charge is 2.02. The summed E-state index contributed by atoms with van der Waals surface area (Å²) in [4.78, 5) is 4.53. The molecule has 124 valence electrons. The number of guanidine groups is 1. The van der Waals surface area contributed by atoms with E-state index in [-0.39, 0.29) is 29.8 Å². The first-order valence-corrected chi connectivity index (χ1v) is 7.50. The maximum absolute atomic E-state index is 13.6. The van der Waals surface area contributed by atoms with Gasteiger partial charge in [-0.15, -0.1) is 24.0 Å². The molecule has 2 rings (SSSR count). The van der Waals surface area contributed by atoms with Crippen molar-refractivity contribution in [1.29, 1.82) is 0 Å². The van der Waals surface area contributed by atoms with Gasteiger partial charge in [0, 0.05) is 18.7 Å². The van der Waals surface area contributed by atoms with E-state index in [1.165, 1.54) is 11.6 Å². The number of aryl methyl sites for hydroxylation is 1. The highest BCUT2D eigenvalue weighted by Crippen LogP contribution is 2.06. The molecular weight excluding hydrogens is 404 g/mol. The third-order valence-electron chi connectivity index (χ3n) is 3.29. The molecule has 0 fully saturated rings. The Kier molecular flexibility index (Phi) is 8.61. The molecule has 0 aliphatic carbocycles. The van der Waals surface area contributed by atoms with Gasteiger partial charge in [0.15, 0.2) is 5.96 Å². The van der Waals surface area contributed by atoms with Gasteiger partial charge in [0.05, 0.1) is 6.54 Å². The smallest absolute Gasteiger partial charge is 0.191 e. The first-order chi connectivity index (χ1) is 10.7. The summed E-state index contributed by atoms with van der Waals surface area (Å²) in [5.41, 5.74) is 3.01. The van der Waals surface area contributed by atoms with Crippen molar-refractivity contribution in [2.75, 3.05) is 6.54 Å². The molecule has 5 heteroatoms. The summed E-state index contributed by atoms with van der Waals surface area (Å²) in [5, 5.41) is 6.33. The average Bonchev–Trinajstić information content (AvgIpc) is 2.53. The predicted molar refractivity (Wildman–Crippen MR) is 105 cm³/mol. The van der Waals surface area contributed by atoms with Gasteiger partial charge < -0.3 is 10.6 Å². The average molecular weight is 427 g/mol. The van der Waals surface area contributed by atoms with Gasteiger partial charge in [0.25, 0.3) is 0 Å². The van der Waals surface area contributed by atoms with Gasteiger partial charge in [-0.1, -0.05) is 48.0 Å². The molecular formula is C18H23FIN3. The molecule has 0 aliphatic rings. The maximum atomic E-state index is 13.6. The fourth-order valence-electron chi connectivity index (χ4n) is 2.03. The second-order valence-corrected chi connectivity index (χ2v) is 5.13. The van der Waals surface area contributed by atoms with Crippen LogP contribution in [0.1, 0.15) is 23.6 Å². The number of halogens is 2. The molecule has 23 heavy (non-hydrogen) atoms. The lowest BCUT2D eigenvalue weighted by molar-refractivity contribution is 0.604. The van der Waals surface area contributed by atoms with Crippen molar-refractivity contribution in [2.24, 2.45) is 4.99 Å². The number of hydrogen-bond donors (Lipinski definition) is 2. The molecule has 0 saturated heterocycles. The van der Waals surface area contributed by atoms with Crippen LogP contribution in [0.2, 0.25) is 0 Å². The number of benzene rings is 2. The molecule has 2 aromatic carbocycles. The fraction of sp³-hybridized carbons (Fsp3) is 0.278. The Morgan fingerprint density at radius 2 is 1.74 bits per heavy atom. The first-order valence-electron chi connectivity index (χ1n) is 7.50. The second kappa shape index (κ2) is 10.2. The van der Waals surface area contributed by atoms with Crippen LogP contribution in [-0.2, 0) is 13.1 Å². The molecule has 0 saturated carbocycles. The van der Waals surface area contributed by atoms with Crippen molar-refractivity contribution in [1.82, 2.24) is 10.6 Å². The van der Waals surface area contributed by atoms with Crippen molar-refractivity contribution in [3.05, 3.63) is 71.0 Å². The largest absolute Gasteiger partial charge is 0.357 e. The lowest BCUT2D eigenvalue weighted by Crippen LogP contribution is -2.37. The summed E-state index contributed by atoms with van der Waals surface area (Å²) in [6.07, 6.45) is 0. The number of nitrogens with one attached hydrogen (secondary N) is 2. The molecule has 0 heterocycles.